The van der Waals surface area contributed by atoms with Crippen molar-refractivity contribution in [2.45, 2.75) is 6.04 Å². The molecule has 0 saturated carbocycles. The number of methoxy groups -OCH3 is 2. The molecule has 1 aromatic heterocycles. The van der Waals surface area contributed by atoms with E-state index in [9.17, 15) is 14.5 Å². The summed E-state index contributed by atoms with van der Waals surface area (Å²) in [7, 11) is 2.49. The molecule has 8 nitrogen and oxygen atoms in total. The first kappa shape index (κ1) is 13.7. The Morgan fingerprint density at radius 2 is 2.15 bits per heavy atom. The van der Waals surface area contributed by atoms with Crippen molar-refractivity contribution in [3.05, 3.63) is 39.2 Å². The van der Waals surface area contributed by atoms with E-state index < -0.39 is 23.3 Å². The maximum atomic E-state index is 11.8. The minimum Gasteiger partial charge on any atom is -0.493 e. The summed E-state index contributed by atoms with van der Waals surface area (Å²) in [6.07, 6.45) is 0. The zero-order chi connectivity index (χ0) is 14.7. The topological polar surface area (TPSA) is 108 Å². The zero-order valence-electron chi connectivity index (χ0n) is 10.7. The number of rotatable bonds is 4. The van der Waals surface area contributed by atoms with Gasteiger partial charge in [0.25, 0.3) is 0 Å². The van der Waals surface area contributed by atoms with E-state index >= 15 is 0 Å². The number of para-hydroxylation sites is 1. The fourth-order valence-corrected chi connectivity index (χ4v) is 1.66. The first-order chi connectivity index (χ1) is 9.62. The van der Waals surface area contributed by atoms with Crippen molar-refractivity contribution in [3.8, 4) is 5.75 Å². The third kappa shape index (κ3) is 2.22. The zero-order valence-corrected chi connectivity index (χ0v) is 10.7. The summed E-state index contributed by atoms with van der Waals surface area (Å²) in [5.41, 5.74) is -0.987. The molecule has 0 bridgehead atoms. The van der Waals surface area contributed by atoms with Crippen LogP contribution >= 0.6 is 0 Å². The van der Waals surface area contributed by atoms with Crippen molar-refractivity contribution in [1.82, 2.24) is 4.98 Å². The molecule has 0 saturated heterocycles. The van der Waals surface area contributed by atoms with Crippen LogP contribution in [0.5, 0.6) is 5.75 Å². The minimum atomic E-state index is -1.66. The molecule has 0 N–H and O–H groups in total. The summed E-state index contributed by atoms with van der Waals surface area (Å²) in [4.78, 5) is 37.9. The van der Waals surface area contributed by atoms with Crippen molar-refractivity contribution >= 4 is 17.1 Å². The molecule has 1 atom stereocenters. The van der Waals surface area contributed by atoms with Gasteiger partial charge in [-0.15, -0.1) is 4.91 Å². The van der Waals surface area contributed by atoms with Gasteiger partial charge in [0.05, 0.1) is 14.2 Å². The highest BCUT2D eigenvalue weighted by Gasteiger charge is 2.29. The third-order valence-corrected chi connectivity index (χ3v) is 2.61. The van der Waals surface area contributed by atoms with Gasteiger partial charge in [0.1, 0.15) is 5.52 Å². The molecule has 1 heterocycles. The molecule has 8 heteroatoms. The lowest BCUT2D eigenvalue weighted by molar-refractivity contribution is -0.142. The molecular weight excluding hydrogens is 268 g/mol. The average molecular weight is 278 g/mol. The highest BCUT2D eigenvalue weighted by Crippen LogP contribution is 2.24. The SMILES string of the molecule is COC(=O)C(N=O)c1nc2cccc(OC)c2oc1=O. The van der Waals surface area contributed by atoms with Crippen LogP contribution in [0.1, 0.15) is 11.7 Å². The van der Waals surface area contributed by atoms with E-state index in [4.69, 9.17) is 9.15 Å². The molecule has 1 aromatic carbocycles. The van der Waals surface area contributed by atoms with Crippen LogP contribution in [-0.2, 0) is 9.53 Å². The average Bonchev–Trinajstić information content (AvgIpc) is 2.47. The Labute approximate surface area is 112 Å². The van der Waals surface area contributed by atoms with E-state index in [-0.39, 0.29) is 11.1 Å². The standard InChI is InChI=1S/C12H10N2O6/c1-18-7-5-3-4-6-10(7)20-12(16)8(13-6)9(14-17)11(15)19-2/h3-5,9H,1-2H3. The highest BCUT2D eigenvalue weighted by atomic mass is 16.5. The molecule has 1 unspecified atom stereocenters. The number of benzene rings is 1. The van der Waals surface area contributed by atoms with Crippen LogP contribution in [0.25, 0.3) is 11.1 Å². The van der Waals surface area contributed by atoms with E-state index in [1.54, 1.807) is 18.2 Å². The van der Waals surface area contributed by atoms with E-state index in [0.717, 1.165) is 7.11 Å². The van der Waals surface area contributed by atoms with Crippen molar-refractivity contribution in [2.24, 2.45) is 5.18 Å². The van der Waals surface area contributed by atoms with Gasteiger partial charge >= 0.3 is 11.6 Å². The third-order valence-electron chi connectivity index (χ3n) is 2.61. The molecule has 20 heavy (non-hydrogen) atoms. The summed E-state index contributed by atoms with van der Waals surface area (Å²) in [5.74, 6) is -0.672. The van der Waals surface area contributed by atoms with Crippen LogP contribution in [0.3, 0.4) is 0 Å². The lowest BCUT2D eigenvalue weighted by Crippen LogP contribution is -2.21. The van der Waals surface area contributed by atoms with Gasteiger partial charge in [0.15, 0.2) is 17.0 Å². The van der Waals surface area contributed by atoms with Crippen LogP contribution in [0, 0.1) is 4.91 Å². The van der Waals surface area contributed by atoms with Gasteiger partial charge < -0.3 is 13.9 Å². The molecule has 2 rings (SSSR count). The van der Waals surface area contributed by atoms with Gasteiger partial charge in [-0.3, -0.25) is 0 Å². The second-order valence-electron chi connectivity index (χ2n) is 3.73. The Morgan fingerprint density at radius 1 is 1.40 bits per heavy atom. The van der Waals surface area contributed by atoms with E-state index in [2.05, 4.69) is 14.9 Å². The number of fused-ring (bicyclic) bond motifs is 1. The van der Waals surface area contributed by atoms with Crippen molar-refractivity contribution in [3.63, 3.8) is 0 Å². The van der Waals surface area contributed by atoms with E-state index in [0.29, 0.717) is 5.75 Å². The van der Waals surface area contributed by atoms with Crippen molar-refractivity contribution in [2.75, 3.05) is 14.2 Å². The van der Waals surface area contributed by atoms with Gasteiger partial charge in [-0.05, 0) is 17.3 Å². The number of hydrogen-bond acceptors (Lipinski definition) is 8. The molecule has 0 fully saturated rings. The Kier molecular flexibility index (Phi) is 3.74. The van der Waals surface area contributed by atoms with Gasteiger partial charge in [-0.2, -0.15) is 0 Å². The predicted molar refractivity (Wildman–Crippen MR) is 67.4 cm³/mol. The summed E-state index contributed by atoms with van der Waals surface area (Å²) >= 11 is 0. The van der Waals surface area contributed by atoms with Crippen LogP contribution in [0.15, 0.2) is 32.6 Å². The van der Waals surface area contributed by atoms with Gasteiger partial charge in [0.2, 0.25) is 6.04 Å². The largest absolute Gasteiger partial charge is 0.493 e. The molecule has 0 aliphatic carbocycles. The molecule has 0 spiro atoms. The quantitative estimate of drug-likeness (QED) is 0.610. The summed E-state index contributed by atoms with van der Waals surface area (Å²) in [5, 5.41) is 2.56. The maximum absolute atomic E-state index is 11.8. The number of ether oxygens (including phenoxy) is 2. The minimum absolute atomic E-state index is 0.123. The number of carbonyl (C=O) groups is 1. The maximum Gasteiger partial charge on any atom is 0.361 e. The van der Waals surface area contributed by atoms with Gasteiger partial charge in [0, 0.05) is 0 Å². The lowest BCUT2D eigenvalue weighted by Gasteiger charge is -2.07. The normalized spacial score (nSPS) is 11.9. The first-order valence-corrected chi connectivity index (χ1v) is 5.50. The van der Waals surface area contributed by atoms with E-state index in [1.807, 2.05) is 0 Å². The second-order valence-corrected chi connectivity index (χ2v) is 3.73. The highest BCUT2D eigenvalue weighted by molar-refractivity contribution is 5.81. The number of hydrogen-bond donors (Lipinski definition) is 0. The lowest BCUT2D eigenvalue weighted by atomic mass is 10.2. The Bertz CT molecular complexity index is 723. The number of nitrogens with zero attached hydrogens (tertiary/aromatic N) is 2. The fraction of sp³-hybridized carbons (Fsp3) is 0.250. The molecule has 0 aliphatic heterocycles. The summed E-state index contributed by atoms with van der Waals surface area (Å²) < 4.78 is 14.5. The Morgan fingerprint density at radius 3 is 2.75 bits per heavy atom. The molecule has 0 amide bonds. The molecular formula is C12H10N2O6. The summed E-state index contributed by atoms with van der Waals surface area (Å²) in [6.45, 7) is 0. The first-order valence-electron chi connectivity index (χ1n) is 5.50. The number of aromatic nitrogens is 1. The molecule has 2 aromatic rings. The molecule has 0 radical (unpaired) electrons. The van der Waals surface area contributed by atoms with Crippen LogP contribution in [-0.4, -0.2) is 25.2 Å². The molecule has 104 valence electrons. The van der Waals surface area contributed by atoms with Gasteiger partial charge in [-0.25, -0.2) is 14.6 Å². The van der Waals surface area contributed by atoms with Crippen molar-refractivity contribution in [1.29, 1.82) is 0 Å². The fourth-order valence-electron chi connectivity index (χ4n) is 1.66. The molecule has 0 aliphatic rings. The van der Waals surface area contributed by atoms with Crippen LogP contribution in [0.4, 0.5) is 0 Å². The smallest absolute Gasteiger partial charge is 0.361 e. The van der Waals surface area contributed by atoms with Crippen LogP contribution < -0.4 is 10.4 Å². The Balaban J connectivity index is 2.67. The van der Waals surface area contributed by atoms with Crippen molar-refractivity contribution < 1.29 is 18.7 Å². The predicted octanol–water partition coefficient (Wildman–Crippen LogP) is 1.18. The van der Waals surface area contributed by atoms with E-state index in [1.165, 1.54) is 7.11 Å². The summed E-state index contributed by atoms with van der Waals surface area (Å²) in [6, 6.07) is 3.09. The Hall–Kier alpha value is -2.77. The second kappa shape index (κ2) is 5.47. The van der Waals surface area contributed by atoms with Crippen LogP contribution in [0.2, 0.25) is 0 Å². The van der Waals surface area contributed by atoms with Gasteiger partial charge in [-0.1, -0.05) is 6.07 Å². The number of esters is 1. The number of nitroso groups, excluding NO2 is 1. The monoisotopic (exact) mass is 278 g/mol. The number of carbonyl (C=O) groups excluding carboxylic acids is 1.